The maximum absolute atomic E-state index is 12.5. The second-order valence-corrected chi connectivity index (χ2v) is 4.72. The first-order valence-electron chi connectivity index (χ1n) is 5.85. The zero-order valence-corrected chi connectivity index (χ0v) is 11.3. The third-order valence-electron chi connectivity index (χ3n) is 2.73. The van der Waals surface area contributed by atoms with E-state index in [9.17, 15) is 13.2 Å². The van der Waals surface area contributed by atoms with Gasteiger partial charge in [0.1, 0.15) is 5.69 Å². The summed E-state index contributed by atoms with van der Waals surface area (Å²) >= 11 is 5.84. The van der Waals surface area contributed by atoms with Crippen LogP contribution in [0.4, 0.5) is 13.2 Å². The minimum Gasteiger partial charge on any atom is -0.244 e. The Morgan fingerprint density at radius 1 is 1.10 bits per heavy atom. The lowest BCUT2D eigenvalue weighted by molar-refractivity contribution is -0.141. The zero-order chi connectivity index (χ0) is 14.8. The highest BCUT2D eigenvalue weighted by molar-refractivity contribution is 6.30. The fraction of sp³-hybridized carbons (Fsp3) is 0.133. The minimum atomic E-state index is -4.43. The Kier molecular flexibility index (Phi) is 4.14. The molecule has 0 atom stereocenters. The molecular formula is C15H11ClF3N. The first kappa shape index (κ1) is 14.6. The summed E-state index contributed by atoms with van der Waals surface area (Å²) in [5.74, 6) is 0. The van der Waals surface area contributed by atoms with Gasteiger partial charge in [-0.15, -0.1) is 0 Å². The van der Waals surface area contributed by atoms with E-state index in [0.29, 0.717) is 5.02 Å². The fourth-order valence-corrected chi connectivity index (χ4v) is 1.93. The Labute approximate surface area is 119 Å². The van der Waals surface area contributed by atoms with Crippen molar-refractivity contribution >= 4 is 23.8 Å². The molecule has 2 aromatic rings. The average Bonchev–Trinajstić information content (AvgIpc) is 2.37. The largest absolute Gasteiger partial charge is 0.433 e. The quantitative estimate of drug-likeness (QED) is 0.739. The Morgan fingerprint density at radius 3 is 2.50 bits per heavy atom. The highest BCUT2D eigenvalue weighted by Gasteiger charge is 2.32. The van der Waals surface area contributed by atoms with E-state index in [1.807, 2.05) is 13.0 Å². The van der Waals surface area contributed by atoms with E-state index >= 15 is 0 Å². The van der Waals surface area contributed by atoms with Crippen LogP contribution in [0, 0.1) is 6.92 Å². The predicted octanol–water partition coefficient (Wildman–Crippen LogP) is 5.23. The smallest absolute Gasteiger partial charge is 0.244 e. The lowest BCUT2D eigenvalue weighted by Gasteiger charge is -2.05. The Bertz CT molecular complexity index is 648. The lowest BCUT2D eigenvalue weighted by Crippen LogP contribution is -2.07. The topological polar surface area (TPSA) is 12.9 Å². The maximum Gasteiger partial charge on any atom is 0.433 e. The third-order valence-corrected chi connectivity index (χ3v) is 2.96. The molecule has 0 amide bonds. The summed E-state index contributed by atoms with van der Waals surface area (Å²) in [7, 11) is 0. The summed E-state index contributed by atoms with van der Waals surface area (Å²) in [6, 6.07) is 9.14. The van der Waals surface area contributed by atoms with Gasteiger partial charge < -0.3 is 0 Å². The van der Waals surface area contributed by atoms with Crippen molar-refractivity contribution in [2.75, 3.05) is 0 Å². The molecule has 0 saturated heterocycles. The molecule has 104 valence electrons. The minimum absolute atomic E-state index is 0.258. The summed E-state index contributed by atoms with van der Waals surface area (Å²) in [5.41, 5.74) is 1.19. The van der Waals surface area contributed by atoms with Crippen molar-refractivity contribution in [3.63, 3.8) is 0 Å². The number of pyridine rings is 1. The zero-order valence-electron chi connectivity index (χ0n) is 10.6. The van der Waals surface area contributed by atoms with Gasteiger partial charge in [0.15, 0.2) is 0 Å². The van der Waals surface area contributed by atoms with Crippen LogP contribution in [-0.4, -0.2) is 4.98 Å². The fourth-order valence-electron chi connectivity index (χ4n) is 1.70. The number of nitrogens with zero attached hydrogens (tertiary/aromatic N) is 1. The number of aromatic nitrogens is 1. The number of hydrogen-bond donors (Lipinski definition) is 0. The van der Waals surface area contributed by atoms with E-state index < -0.39 is 11.9 Å². The molecule has 1 aromatic heterocycles. The molecule has 0 saturated carbocycles. The molecule has 1 aromatic carbocycles. The van der Waals surface area contributed by atoms with Crippen LogP contribution in [-0.2, 0) is 6.18 Å². The van der Waals surface area contributed by atoms with Gasteiger partial charge in [-0.05, 0) is 48.4 Å². The summed E-state index contributed by atoms with van der Waals surface area (Å²) in [5, 5.41) is 0.622. The van der Waals surface area contributed by atoms with E-state index in [2.05, 4.69) is 4.98 Å². The van der Waals surface area contributed by atoms with Crippen LogP contribution in [0.5, 0.6) is 0 Å². The summed E-state index contributed by atoms with van der Waals surface area (Å²) in [6.07, 6.45) is -1.17. The number of alkyl halides is 3. The maximum atomic E-state index is 12.5. The van der Waals surface area contributed by atoms with Gasteiger partial charge >= 0.3 is 6.18 Å². The highest BCUT2D eigenvalue weighted by Crippen LogP contribution is 2.27. The van der Waals surface area contributed by atoms with Crippen molar-refractivity contribution in [1.29, 1.82) is 0 Å². The molecular weight excluding hydrogens is 287 g/mol. The molecule has 0 aliphatic carbocycles. The third kappa shape index (κ3) is 3.61. The van der Waals surface area contributed by atoms with Crippen molar-refractivity contribution in [1.82, 2.24) is 4.98 Å². The van der Waals surface area contributed by atoms with Crippen LogP contribution in [0.2, 0.25) is 5.02 Å². The Balaban J connectivity index is 2.28. The first-order valence-corrected chi connectivity index (χ1v) is 6.22. The van der Waals surface area contributed by atoms with Gasteiger partial charge in [0.25, 0.3) is 0 Å². The summed E-state index contributed by atoms with van der Waals surface area (Å²) < 4.78 is 37.6. The summed E-state index contributed by atoms with van der Waals surface area (Å²) in [4.78, 5) is 3.57. The van der Waals surface area contributed by atoms with Crippen LogP contribution < -0.4 is 0 Å². The number of rotatable bonds is 2. The normalized spacial score (nSPS) is 12.1. The second-order valence-electron chi connectivity index (χ2n) is 4.28. The SMILES string of the molecule is Cc1cc(Cl)ccc1/C=C/c1cccc(C(F)(F)F)n1. The van der Waals surface area contributed by atoms with Crippen LogP contribution in [0.1, 0.15) is 22.5 Å². The van der Waals surface area contributed by atoms with Crippen LogP contribution in [0.3, 0.4) is 0 Å². The van der Waals surface area contributed by atoms with Gasteiger partial charge in [-0.3, -0.25) is 0 Å². The molecule has 20 heavy (non-hydrogen) atoms. The van der Waals surface area contributed by atoms with Crippen LogP contribution in [0.25, 0.3) is 12.2 Å². The molecule has 0 aliphatic rings. The lowest BCUT2D eigenvalue weighted by atomic mass is 10.1. The van der Waals surface area contributed by atoms with E-state index in [0.717, 1.165) is 17.2 Å². The van der Waals surface area contributed by atoms with Crippen molar-refractivity contribution in [2.24, 2.45) is 0 Å². The van der Waals surface area contributed by atoms with Crippen LogP contribution in [0.15, 0.2) is 36.4 Å². The Hall–Kier alpha value is -1.81. The van der Waals surface area contributed by atoms with Gasteiger partial charge in [-0.25, -0.2) is 4.98 Å². The average molecular weight is 298 g/mol. The van der Waals surface area contributed by atoms with Gasteiger partial charge in [-0.2, -0.15) is 13.2 Å². The molecule has 0 aliphatic heterocycles. The highest BCUT2D eigenvalue weighted by atomic mass is 35.5. The van der Waals surface area contributed by atoms with Crippen molar-refractivity contribution in [2.45, 2.75) is 13.1 Å². The number of aryl methyl sites for hydroxylation is 1. The Morgan fingerprint density at radius 2 is 1.85 bits per heavy atom. The van der Waals surface area contributed by atoms with Crippen molar-refractivity contribution < 1.29 is 13.2 Å². The van der Waals surface area contributed by atoms with Crippen molar-refractivity contribution in [3.8, 4) is 0 Å². The molecule has 1 heterocycles. The van der Waals surface area contributed by atoms with Gasteiger partial charge in [0.2, 0.25) is 0 Å². The molecule has 0 spiro atoms. The van der Waals surface area contributed by atoms with E-state index in [-0.39, 0.29) is 5.69 Å². The number of hydrogen-bond acceptors (Lipinski definition) is 1. The molecule has 5 heteroatoms. The summed E-state index contributed by atoms with van der Waals surface area (Å²) in [6.45, 7) is 1.88. The molecule has 0 bridgehead atoms. The predicted molar refractivity (Wildman–Crippen MR) is 74.4 cm³/mol. The second kappa shape index (κ2) is 5.67. The van der Waals surface area contributed by atoms with Gasteiger partial charge in [-0.1, -0.05) is 29.8 Å². The van der Waals surface area contributed by atoms with Crippen LogP contribution >= 0.6 is 11.6 Å². The molecule has 0 N–H and O–H groups in total. The molecule has 0 fully saturated rings. The molecule has 0 radical (unpaired) electrons. The monoisotopic (exact) mass is 297 g/mol. The first-order chi connectivity index (χ1) is 9.36. The van der Waals surface area contributed by atoms with E-state index in [1.165, 1.54) is 12.1 Å². The number of halogens is 4. The van der Waals surface area contributed by atoms with Gasteiger partial charge in [0.05, 0.1) is 5.69 Å². The molecule has 1 nitrogen and oxygen atoms in total. The van der Waals surface area contributed by atoms with Gasteiger partial charge in [0, 0.05) is 5.02 Å². The van der Waals surface area contributed by atoms with Crippen molar-refractivity contribution in [3.05, 3.63) is 63.9 Å². The molecule has 2 rings (SSSR count). The van der Waals surface area contributed by atoms with E-state index in [1.54, 1.807) is 24.3 Å². The standard InChI is InChI=1S/C15H11ClF3N/c1-10-9-12(16)7-5-11(10)6-8-13-3-2-4-14(20-13)15(17,18)19/h2-9H,1H3/b8-6+. The molecule has 0 unspecified atom stereocenters. The van der Waals surface area contributed by atoms with E-state index in [4.69, 9.17) is 11.6 Å². The number of benzene rings is 1.